The van der Waals surface area contributed by atoms with Gasteiger partial charge in [0.2, 0.25) is 29.1 Å². The second kappa shape index (κ2) is 7.94. The average Bonchev–Trinajstić information content (AvgIpc) is 3.33. The van der Waals surface area contributed by atoms with Gasteiger partial charge >= 0.3 is 0 Å². The standard InChI is InChI=1S/C18H14F5N3O3/c1-25(7-9-5-6-26(2)24-9)18(27)11-4-3-10(29-11)8-28-17-15(22)13(20)12(19)14(21)16(17)23/h3-6H,7-8H2,1-2H3. The maximum Gasteiger partial charge on any atom is 0.289 e. The van der Waals surface area contributed by atoms with Crippen LogP contribution < -0.4 is 4.74 Å². The van der Waals surface area contributed by atoms with Crippen LogP contribution in [0.4, 0.5) is 22.0 Å². The minimum absolute atomic E-state index is 0.0523. The number of hydrogen-bond acceptors (Lipinski definition) is 4. The van der Waals surface area contributed by atoms with Crippen molar-refractivity contribution in [1.82, 2.24) is 14.7 Å². The van der Waals surface area contributed by atoms with Crippen molar-refractivity contribution < 1.29 is 35.9 Å². The average molecular weight is 415 g/mol. The molecule has 11 heteroatoms. The minimum Gasteiger partial charge on any atom is -0.479 e. The van der Waals surface area contributed by atoms with E-state index in [-0.39, 0.29) is 18.1 Å². The van der Waals surface area contributed by atoms with E-state index >= 15 is 0 Å². The van der Waals surface area contributed by atoms with Crippen LogP contribution in [0.5, 0.6) is 5.75 Å². The highest BCUT2D eigenvalue weighted by Gasteiger charge is 2.27. The second-order valence-corrected chi connectivity index (χ2v) is 6.10. The molecule has 6 nitrogen and oxygen atoms in total. The van der Waals surface area contributed by atoms with Gasteiger partial charge in [0.15, 0.2) is 11.5 Å². The fourth-order valence-electron chi connectivity index (χ4n) is 2.48. The number of carbonyl (C=O) groups excluding carboxylic acids is 1. The lowest BCUT2D eigenvalue weighted by Crippen LogP contribution is -2.26. The molecule has 0 atom stereocenters. The van der Waals surface area contributed by atoms with E-state index in [1.165, 1.54) is 24.1 Å². The number of aryl methyl sites for hydroxylation is 1. The quantitative estimate of drug-likeness (QED) is 0.351. The lowest BCUT2D eigenvalue weighted by Gasteiger charge is -2.14. The summed E-state index contributed by atoms with van der Waals surface area (Å²) in [6.45, 7) is -0.452. The Morgan fingerprint density at radius 2 is 1.69 bits per heavy atom. The van der Waals surface area contributed by atoms with Crippen molar-refractivity contribution in [2.75, 3.05) is 7.05 Å². The molecule has 0 unspecified atom stereocenters. The Balaban J connectivity index is 1.69. The van der Waals surface area contributed by atoms with Gasteiger partial charge in [-0.1, -0.05) is 0 Å². The maximum atomic E-state index is 13.6. The molecule has 0 radical (unpaired) electrons. The van der Waals surface area contributed by atoms with Gasteiger partial charge in [0.25, 0.3) is 5.91 Å². The second-order valence-electron chi connectivity index (χ2n) is 6.10. The number of benzene rings is 1. The molecular weight excluding hydrogens is 401 g/mol. The summed E-state index contributed by atoms with van der Waals surface area (Å²) in [5.74, 6) is -12.8. The normalized spacial score (nSPS) is 11.0. The van der Waals surface area contributed by atoms with E-state index in [0.29, 0.717) is 5.69 Å². The van der Waals surface area contributed by atoms with Crippen LogP contribution in [0.1, 0.15) is 22.0 Å². The van der Waals surface area contributed by atoms with Crippen molar-refractivity contribution in [2.45, 2.75) is 13.2 Å². The van der Waals surface area contributed by atoms with Gasteiger partial charge in [-0.2, -0.15) is 13.9 Å². The number of furan rings is 1. The van der Waals surface area contributed by atoms with E-state index in [9.17, 15) is 26.7 Å². The predicted octanol–water partition coefficient (Wildman–Crippen LogP) is 3.56. The van der Waals surface area contributed by atoms with E-state index in [1.54, 1.807) is 24.0 Å². The number of hydrogen-bond donors (Lipinski definition) is 0. The molecule has 0 saturated heterocycles. The highest BCUT2D eigenvalue weighted by Crippen LogP contribution is 2.29. The first kappa shape index (κ1) is 20.4. The van der Waals surface area contributed by atoms with Crippen LogP contribution in [0.15, 0.2) is 28.8 Å². The Morgan fingerprint density at radius 1 is 1.07 bits per heavy atom. The largest absolute Gasteiger partial charge is 0.479 e. The first-order chi connectivity index (χ1) is 13.7. The summed E-state index contributed by atoms with van der Waals surface area (Å²) in [7, 11) is 3.25. The van der Waals surface area contributed by atoms with Crippen molar-refractivity contribution in [3.63, 3.8) is 0 Å². The Bertz CT molecular complexity index is 1030. The lowest BCUT2D eigenvalue weighted by molar-refractivity contribution is 0.0747. The molecule has 0 aliphatic carbocycles. The monoisotopic (exact) mass is 415 g/mol. The molecule has 0 saturated carbocycles. The summed E-state index contributed by atoms with van der Waals surface area (Å²) >= 11 is 0. The molecule has 0 spiro atoms. The van der Waals surface area contributed by atoms with Gasteiger partial charge in [-0.05, 0) is 18.2 Å². The smallest absolute Gasteiger partial charge is 0.289 e. The third-order valence-electron chi connectivity index (χ3n) is 3.92. The van der Waals surface area contributed by atoms with Crippen LogP contribution in [0.3, 0.4) is 0 Å². The minimum atomic E-state index is -2.28. The summed E-state index contributed by atoms with van der Waals surface area (Å²) in [5.41, 5.74) is 0.643. The lowest BCUT2D eigenvalue weighted by atomic mass is 10.2. The third-order valence-corrected chi connectivity index (χ3v) is 3.92. The summed E-state index contributed by atoms with van der Waals surface area (Å²) in [4.78, 5) is 13.7. The number of ether oxygens (including phenoxy) is 1. The molecule has 0 aliphatic heterocycles. The van der Waals surface area contributed by atoms with Crippen molar-refractivity contribution in [3.8, 4) is 5.75 Å². The maximum absolute atomic E-state index is 13.6. The highest BCUT2D eigenvalue weighted by atomic mass is 19.2. The van der Waals surface area contributed by atoms with Crippen molar-refractivity contribution in [1.29, 1.82) is 0 Å². The van der Waals surface area contributed by atoms with Crippen molar-refractivity contribution >= 4 is 5.91 Å². The Hall–Kier alpha value is -3.37. The summed E-state index contributed by atoms with van der Waals surface area (Å²) < 4.78 is 78.1. The molecule has 2 heterocycles. The third kappa shape index (κ3) is 4.08. The van der Waals surface area contributed by atoms with Crippen LogP contribution >= 0.6 is 0 Å². The molecule has 0 bridgehead atoms. The zero-order valence-electron chi connectivity index (χ0n) is 15.2. The van der Waals surface area contributed by atoms with Crippen LogP contribution in [-0.4, -0.2) is 27.6 Å². The van der Waals surface area contributed by atoms with Gasteiger partial charge in [-0.15, -0.1) is 0 Å². The van der Waals surface area contributed by atoms with E-state index in [0.717, 1.165) is 0 Å². The van der Waals surface area contributed by atoms with Crippen LogP contribution in [0.25, 0.3) is 0 Å². The molecule has 3 aromatic rings. The SMILES string of the molecule is CN(Cc1ccn(C)n1)C(=O)c1ccc(COc2c(F)c(F)c(F)c(F)c2F)o1. The first-order valence-electron chi connectivity index (χ1n) is 8.16. The van der Waals surface area contributed by atoms with Crippen LogP contribution in [-0.2, 0) is 20.2 Å². The van der Waals surface area contributed by atoms with E-state index in [4.69, 9.17) is 9.15 Å². The summed E-state index contributed by atoms with van der Waals surface area (Å²) in [5, 5.41) is 4.14. The predicted molar refractivity (Wildman–Crippen MR) is 88.3 cm³/mol. The molecule has 1 aromatic carbocycles. The van der Waals surface area contributed by atoms with Crippen molar-refractivity contribution in [3.05, 3.63) is 70.7 Å². The molecule has 0 fully saturated rings. The topological polar surface area (TPSA) is 60.5 Å². The fourth-order valence-corrected chi connectivity index (χ4v) is 2.48. The molecule has 1 amide bonds. The summed E-state index contributed by atoms with van der Waals surface area (Å²) in [6.07, 6.45) is 1.72. The van der Waals surface area contributed by atoms with E-state index in [2.05, 4.69) is 5.10 Å². The van der Waals surface area contributed by atoms with E-state index < -0.39 is 47.3 Å². The molecule has 2 aromatic heterocycles. The van der Waals surface area contributed by atoms with Gasteiger partial charge in [0.05, 0.1) is 12.2 Å². The van der Waals surface area contributed by atoms with Gasteiger partial charge in [0.1, 0.15) is 12.4 Å². The number of halogens is 5. The Kier molecular flexibility index (Phi) is 5.57. The van der Waals surface area contributed by atoms with Crippen LogP contribution in [0, 0.1) is 29.1 Å². The van der Waals surface area contributed by atoms with Gasteiger partial charge in [0, 0.05) is 20.3 Å². The Morgan fingerprint density at radius 3 is 2.28 bits per heavy atom. The van der Waals surface area contributed by atoms with Gasteiger partial charge < -0.3 is 14.1 Å². The molecule has 154 valence electrons. The van der Waals surface area contributed by atoms with E-state index in [1.807, 2.05) is 0 Å². The number of nitrogens with zero attached hydrogens (tertiary/aromatic N) is 3. The fraction of sp³-hybridized carbons (Fsp3) is 0.222. The van der Waals surface area contributed by atoms with Crippen molar-refractivity contribution in [2.24, 2.45) is 7.05 Å². The molecule has 3 rings (SSSR count). The Labute approximate surface area is 161 Å². The molecular formula is C18H14F5N3O3. The number of aromatic nitrogens is 2. The number of amides is 1. The zero-order valence-corrected chi connectivity index (χ0v) is 15.2. The molecule has 0 aliphatic rings. The number of rotatable bonds is 6. The highest BCUT2D eigenvalue weighted by molar-refractivity contribution is 5.91. The van der Waals surface area contributed by atoms with Gasteiger partial charge in [-0.3, -0.25) is 9.48 Å². The summed E-state index contributed by atoms with van der Waals surface area (Å²) in [6, 6.07) is 4.32. The molecule has 0 N–H and O–H groups in total. The zero-order chi connectivity index (χ0) is 21.3. The van der Waals surface area contributed by atoms with Crippen LogP contribution in [0.2, 0.25) is 0 Å². The van der Waals surface area contributed by atoms with Gasteiger partial charge in [-0.25, -0.2) is 13.2 Å². The number of carbonyl (C=O) groups is 1. The first-order valence-corrected chi connectivity index (χ1v) is 8.16. The molecule has 29 heavy (non-hydrogen) atoms.